The van der Waals surface area contributed by atoms with Gasteiger partial charge in [0.25, 0.3) is 5.91 Å². The number of aryl methyl sites for hydroxylation is 1. The van der Waals surface area contributed by atoms with Gasteiger partial charge in [-0.1, -0.05) is 11.6 Å². The molecule has 0 saturated carbocycles. The van der Waals surface area contributed by atoms with Gasteiger partial charge in [-0.3, -0.25) is 4.79 Å². The first kappa shape index (κ1) is 22.1. The van der Waals surface area contributed by atoms with E-state index < -0.39 is 18.5 Å². The third-order valence-electron chi connectivity index (χ3n) is 4.15. The lowest BCUT2D eigenvalue weighted by molar-refractivity contribution is -0.121. The first-order valence-corrected chi connectivity index (χ1v) is 9.11. The summed E-state index contributed by atoms with van der Waals surface area (Å²) in [7, 11) is 2.94. The highest BCUT2D eigenvalue weighted by atomic mass is 35.5. The fraction of sp³-hybridized carbons (Fsp3) is 0.286. The van der Waals surface area contributed by atoms with Crippen LogP contribution in [0.25, 0.3) is 0 Å². The summed E-state index contributed by atoms with van der Waals surface area (Å²) in [5.74, 6) is -0.274. The molecule has 0 atom stereocenters. The van der Waals surface area contributed by atoms with E-state index in [9.17, 15) is 9.59 Å². The summed E-state index contributed by atoms with van der Waals surface area (Å²) in [6, 6.07) is 11.7. The molecule has 0 bridgehead atoms. The number of carbonyl (C=O) groups is 2. The van der Waals surface area contributed by atoms with Crippen LogP contribution in [0, 0.1) is 18.3 Å². The van der Waals surface area contributed by atoms with Gasteiger partial charge in [0, 0.05) is 17.3 Å². The van der Waals surface area contributed by atoms with Crippen molar-refractivity contribution in [3.63, 3.8) is 0 Å². The Bertz CT molecular complexity index is 939. The van der Waals surface area contributed by atoms with Gasteiger partial charge < -0.3 is 19.1 Å². The number of hydrogen-bond acceptors (Lipinski definition) is 6. The van der Waals surface area contributed by atoms with Crippen molar-refractivity contribution < 1.29 is 23.8 Å². The highest BCUT2D eigenvalue weighted by Gasteiger charge is 2.19. The number of carbonyl (C=O) groups excluding carboxylic acids is 2. The third-order valence-corrected chi connectivity index (χ3v) is 4.57. The Morgan fingerprint density at radius 2 is 1.83 bits per heavy atom. The molecule has 0 saturated heterocycles. The largest absolute Gasteiger partial charge is 0.493 e. The summed E-state index contributed by atoms with van der Waals surface area (Å²) in [5, 5.41) is 9.46. The van der Waals surface area contributed by atoms with Crippen molar-refractivity contribution in [3.05, 3.63) is 52.5 Å². The highest BCUT2D eigenvalue weighted by Crippen LogP contribution is 2.28. The second kappa shape index (κ2) is 10.3. The van der Waals surface area contributed by atoms with Crippen molar-refractivity contribution >= 4 is 29.2 Å². The number of benzene rings is 2. The molecular weight excluding hydrogens is 396 g/mol. The summed E-state index contributed by atoms with van der Waals surface area (Å²) in [6.07, 6.45) is 0.136. The SMILES string of the molecule is COc1ccc(C(=O)OCC(=O)N(CCC#N)c2ccc(Cl)c(C)c2)cc1OC. The fourth-order valence-corrected chi connectivity index (χ4v) is 2.73. The molecule has 0 unspecified atom stereocenters. The maximum atomic E-state index is 12.7. The lowest BCUT2D eigenvalue weighted by Crippen LogP contribution is -2.35. The molecular formula is C21H21ClN2O5. The van der Waals surface area contributed by atoms with Crippen molar-refractivity contribution in [2.24, 2.45) is 0 Å². The van der Waals surface area contributed by atoms with Crippen molar-refractivity contribution in [3.8, 4) is 17.6 Å². The number of hydrogen-bond donors (Lipinski definition) is 0. The molecule has 29 heavy (non-hydrogen) atoms. The third kappa shape index (κ3) is 5.62. The van der Waals surface area contributed by atoms with E-state index >= 15 is 0 Å². The topological polar surface area (TPSA) is 88.9 Å². The Kier molecular flexibility index (Phi) is 7.87. The molecule has 8 heteroatoms. The summed E-state index contributed by atoms with van der Waals surface area (Å²) in [4.78, 5) is 26.4. The van der Waals surface area contributed by atoms with Gasteiger partial charge in [-0.05, 0) is 48.9 Å². The van der Waals surface area contributed by atoms with E-state index in [1.165, 1.54) is 31.3 Å². The van der Waals surface area contributed by atoms with Crippen LogP contribution in [-0.4, -0.2) is 39.2 Å². The Labute approximate surface area is 174 Å². The molecule has 0 aromatic heterocycles. The monoisotopic (exact) mass is 416 g/mol. The zero-order valence-electron chi connectivity index (χ0n) is 16.4. The smallest absolute Gasteiger partial charge is 0.338 e. The maximum Gasteiger partial charge on any atom is 0.338 e. The van der Waals surface area contributed by atoms with Crippen molar-refractivity contribution in [2.75, 3.05) is 32.3 Å². The van der Waals surface area contributed by atoms with Crippen LogP contribution in [0.1, 0.15) is 22.3 Å². The molecule has 0 heterocycles. The number of amides is 1. The normalized spacial score (nSPS) is 10.0. The lowest BCUT2D eigenvalue weighted by Gasteiger charge is -2.22. The Hall–Kier alpha value is -3.24. The molecule has 0 aliphatic rings. The number of methoxy groups -OCH3 is 2. The average Bonchev–Trinajstić information content (AvgIpc) is 2.74. The van der Waals surface area contributed by atoms with E-state index in [-0.39, 0.29) is 18.5 Å². The fourth-order valence-electron chi connectivity index (χ4n) is 2.61. The number of ether oxygens (including phenoxy) is 3. The van der Waals surface area contributed by atoms with Gasteiger partial charge in [-0.15, -0.1) is 0 Å². The number of halogens is 1. The number of nitriles is 1. The number of esters is 1. The predicted molar refractivity (Wildman–Crippen MR) is 109 cm³/mol. The van der Waals surface area contributed by atoms with Crippen molar-refractivity contribution in [2.45, 2.75) is 13.3 Å². The molecule has 0 spiro atoms. The van der Waals surface area contributed by atoms with Gasteiger partial charge in [0.15, 0.2) is 18.1 Å². The van der Waals surface area contributed by atoms with Gasteiger partial charge in [-0.25, -0.2) is 4.79 Å². The Morgan fingerprint density at radius 1 is 1.10 bits per heavy atom. The average molecular weight is 417 g/mol. The minimum Gasteiger partial charge on any atom is -0.493 e. The Balaban J connectivity index is 2.12. The molecule has 0 aliphatic carbocycles. The number of anilines is 1. The quantitative estimate of drug-likeness (QED) is 0.608. The Morgan fingerprint density at radius 3 is 2.45 bits per heavy atom. The first-order chi connectivity index (χ1) is 13.9. The van der Waals surface area contributed by atoms with Gasteiger partial charge in [0.1, 0.15) is 0 Å². The van der Waals surface area contributed by atoms with Crippen LogP contribution in [0.15, 0.2) is 36.4 Å². The minimum atomic E-state index is -0.674. The maximum absolute atomic E-state index is 12.7. The van der Waals surface area contributed by atoms with Gasteiger partial charge in [0.2, 0.25) is 0 Å². The summed E-state index contributed by atoms with van der Waals surface area (Å²) in [5.41, 5.74) is 1.59. The van der Waals surface area contributed by atoms with Crippen LogP contribution in [0.2, 0.25) is 5.02 Å². The van der Waals surface area contributed by atoms with Crippen LogP contribution in [-0.2, 0) is 9.53 Å². The van der Waals surface area contributed by atoms with Gasteiger partial charge >= 0.3 is 5.97 Å². The summed E-state index contributed by atoms with van der Waals surface area (Å²) in [6.45, 7) is 1.51. The summed E-state index contributed by atoms with van der Waals surface area (Å²) < 4.78 is 15.5. The van der Waals surface area contributed by atoms with E-state index in [1.807, 2.05) is 13.0 Å². The van der Waals surface area contributed by atoms with E-state index in [2.05, 4.69) is 0 Å². The zero-order valence-corrected chi connectivity index (χ0v) is 17.2. The van der Waals surface area contributed by atoms with E-state index in [0.29, 0.717) is 22.2 Å². The van der Waals surface area contributed by atoms with Crippen molar-refractivity contribution in [1.29, 1.82) is 5.26 Å². The molecule has 0 N–H and O–H groups in total. The molecule has 7 nitrogen and oxygen atoms in total. The molecule has 2 aromatic rings. The molecule has 2 aromatic carbocycles. The predicted octanol–water partition coefficient (Wildman–Crippen LogP) is 3.77. The molecule has 0 radical (unpaired) electrons. The van der Waals surface area contributed by atoms with Crippen molar-refractivity contribution in [1.82, 2.24) is 0 Å². The molecule has 0 fully saturated rings. The first-order valence-electron chi connectivity index (χ1n) is 8.73. The van der Waals surface area contributed by atoms with Crippen LogP contribution < -0.4 is 14.4 Å². The second-order valence-corrected chi connectivity index (χ2v) is 6.44. The number of rotatable bonds is 8. The minimum absolute atomic E-state index is 0.136. The van der Waals surface area contributed by atoms with E-state index in [1.54, 1.807) is 24.3 Å². The van der Waals surface area contributed by atoms with E-state index in [4.69, 9.17) is 31.1 Å². The standard InChI is InChI=1S/C21H21ClN2O5/c1-14-11-16(6-7-17(14)22)24(10-4-9-23)20(25)13-29-21(26)15-5-8-18(27-2)19(12-15)28-3/h5-8,11-12H,4,10,13H2,1-3H3. The van der Waals surface area contributed by atoms with E-state index in [0.717, 1.165) is 5.56 Å². The molecule has 2 rings (SSSR count). The summed E-state index contributed by atoms with van der Waals surface area (Å²) >= 11 is 6.04. The van der Waals surface area contributed by atoms with Crippen LogP contribution in [0.5, 0.6) is 11.5 Å². The second-order valence-electron chi connectivity index (χ2n) is 6.03. The van der Waals surface area contributed by atoms with Crippen LogP contribution in [0.3, 0.4) is 0 Å². The molecule has 1 amide bonds. The van der Waals surface area contributed by atoms with Gasteiger partial charge in [0.05, 0.1) is 32.3 Å². The lowest BCUT2D eigenvalue weighted by atomic mass is 10.2. The molecule has 0 aliphatic heterocycles. The highest BCUT2D eigenvalue weighted by molar-refractivity contribution is 6.31. The van der Waals surface area contributed by atoms with Gasteiger partial charge in [-0.2, -0.15) is 5.26 Å². The molecule has 152 valence electrons. The van der Waals surface area contributed by atoms with Crippen LogP contribution >= 0.6 is 11.6 Å². The number of nitrogens with zero attached hydrogens (tertiary/aromatic N) is 2. The zero-order chi connectivity index (χ0) is 21.4. The van der Waals surface area contributed by atoms with Crippen LogP contribution in [0.4, 0.5) is 5.69 Å².